The van der Waals surface area contributed by atoms with Gasteiger partial charge < -0.3 is 15.2 Å². The number of aliphatic hydroxyl groups excluding tert-OH is 1. The summed E-state index contributed by atoms with van der Waals surface area (Å²) in [6.45, 7) is 0.273. The first-order chi connectivity index (χ1) is 17.2. The number of halogens is 3. The number of nitrogens with one attached hydrogen (secondary N) is 1. The maximum absolute atomic E-state index is 15.1. The van der Waals surface area contributed by atoms with Gasteiger partial charge in [-0.15, -0.1) is 5.10 Å². The molecule has 11 heteroatoms. The lowest BCUT2D eigenvalue weighted by Gasteiger charge is -2.28. The summed E-state index contributed by atoms with van der Waals surface area (Å²) in [5.74, 6) is -1.66. The molecule has 0 unspecified atom stereocenters. The average Bonchev–Trinajstić information content (AvgIpc) is 3.59. The van der Waals surface area contributed by atoms with Crippen LogP contribution in [0.1, 0.15) is 29.6 Å². The van der Waals surface area contributed by atoms with E-state index in [9.17, 15) is 14.3 Å². The number of rotatable bonds is 5. The second-order valence-electron chi connectivity index (χ2n) is 9.61. The number of hydrogen-bond donors (Lipinski definition) is 2. The third-order valence-corrected chi connectivity index (χ3v) is 7.56. The van der Waals surface area contributed by atoms with Gasteiger partial charge in [0, 0.05) is 42.6 Å². The zero-order valence-electron chi connectivity index (χ0n) is 19.3. The number of aromatic nitrogens is 4. The summed E-state index contributed by atoms with van der Waals surface area (Å²) in [7, 11) is 1.57. The molecule has 0 radical (unpaired) electrons. The fourth-order valence-electron chi connectivity index (χ4n) is 5.38. The highest BCUT2D eigenvalue weighted by molar-refractivity contribution is 6.32. The highest BCUT2D eigenvalue weighted by atomic mass is 35.5. The molecule has 186 valence electrons. The Hall–Kier alpha value is -3.34. The molecule has 2 fully saturated rings. The first-order valence-corrected chi connectivity index (χ1v) is 11.8. The van der Waals surface area contributed by atoms with E-state index < -0.39 is 22.9 Å². The van der Waals surface area contributed by atoms with Crippen molar-refractivity contribution in [1.29, 1.82) is 0 Å². The Morgan fingerprint density at radius 2 is 2.11 bits per heavy atom. The van der Waals surface area contributed by atoms with Crippen LogP contribution < -0.4 is 5.32 Å². The summed E-state index contributed by atoms with van der Waals surface area (Å²) in [5.41, 5.74) is 0.139. The molecule has 4 aromatic rings. The number of carbonyl (C=O) groups excluding carboxylic acids is 1. The molecule has 1 aliphatic heterocycles. The van der Waals surface area contributed by atoms with E-state index in [1.165, 1.54) is 27.4 Å². The van der Waals surface area contributed by atoms with Gasteiger partial charge in [0.1, 0.15) is 22.3 Å². The van der Waals surface area contributed by atoms with Crippen molar-refractivity contribution in [3.05, 3.63) is 65.2 Å². The van der Waals surface area contributed by atoms with Crippen molar-refractivity contribution in [2.75, 3.05) is 13.2 Å². The minimum absolute atomic E-state index is 0.0393. The predicted octanol–water partition coefficient (Wildman–Crippen LogP) is 3.75. The Labute approximate surface area is 209 Å². The highest BCUT2D eigenvalue weighted by Gasteiger charge is 2.56. The van der Waals surface area contributed by atoms with Gasteiger partial charge in [0.2, 0.25) is 5.95 Å². The number of hydrogen-bond acceptors (Lipinski definition) is 5. The van der Waals surface area contributed by atoms with Crippen LogP contribution in [0, 0.1) is 11.8 Å². The second-order valence-corrected chi connectivity index (χ2v) is 9.96. The Morgan fingerprint density at radius 3 is 2.78 bits per heavy atom. The van der Waals surface area contributed by atoms with Crippen LogP contribution in [0.15, 0.2) is 42.7 Å². The molecule has 1 aromatic carbocycles. The lowest BCUT2D eigenvalue weighted by molar-refractivity contribution is -0.0558. The van der Waals surface area contributed by atoms with Gasteiger partial charge in [0.15, 0.2) is 0 Å². The number of nitrogens with zero attached hydrogens (tertiary/aromatic N) is 4. The van der Waals surface area contributed by atoms with Crippen LogP contribution in [0.3, 0.4) is 0 Å². The molecule has 1 aliphatic carbocycles. The summed E-state index contributed by atoms with van der Waals surface area (Å²) >= 11 is 6.60. The molecular weight excluding hydrogens is 492 g/mol. The first-order valence-electron chi connectivity index (χ1n) is 11.5. The van der Waals surface area contributed by atoms with Crippen molar-refractivity contribution < 1.29 is 23.4 Å². The molecule has 4 heterocycles. The summed E-state index contributed by atoms with van der Waals surface area (Å²) in [6, 6.07) is 7.48. The lowest BCUT2D eigenvalue weighted by atomic mass is 9.98. The van der Waals surface area contributed by atoms with Crippen molar-refractivity contribution in [2.24, 2.45) is 7.05 Å². The van der Waals surface area contributed by atoms with Crippen molar-refractivity contribution in [3.63, 3.8) is 0 Å². The van der Waals surface area contributed by atoms with Crippen LogP contribution in [-0.4, -0.2) is 54.5 Å². The summed E-state index contributed by atoms with van der Waals surface area (Å²) in [5, 5.41) is 16.6. The van der Waals surface area contributed by atoms with Gasteiger partial charge in [-0.1, -0.05) is 23.7 Å². The van der Waals surface area contributed by atoms with Crippen molar-refractivity contribution in [3.8, 4) is 22.4 Å². The molecule has 6 rings (SSSR count). The Morgan fingerprint density at radius 1 is 1.28 bits per heavy atom. The monoisotopic (exact) mass is 513 g/mol. The van der Waals surface area contributed by atoms with Gasteiger partial charge in [0.05, 0.1) is 29.9 Å². The summed E-state index contributed by atoms with van der Waals surface area (Å²) in [6.07, 6.45) is 5.02. The number of benzene rings is 1. The molecule has 3 aromatic heterocycles. The Bertz CT molecular complexity index is 1520. The average molecular weight is 514 g/mol. The van der Waals surface area contributed by atoms with Gasteiger partial charge in [-0.25, -0.2) is 9.37 Å². The molecule has 0 spiro atoms. The Balaban J connectivity index is 1.37. The highest BCUT2D eigenvalue weighted by Crippen LogP contribution is 2.47. The molecule has 1 saturated carbocycles. The van der Waals surface area contributed by atoms with Gasteiger partial charge in [-0.3, -0.25) is 13.9 Å². The van der Waals surface area contributed by atoms with Crippen molar-refractivity contribution in [2.45, 2.75) is 30.4 Å². The summed E-state index contributed by atoms with van der Waals surface area (Å²) in [4.78, 5) is 17.6. The predicted molar refractivity (Wildman–Crippen MR) is 128 cm³/mol. The van der Waals surface area contributed by atoms with E-state index >= 15 is 4.39 Å². The number of carbonyl (C=O) groups is 1. The molecule has 8 nitrogen and oxygen atoms in total. The molecule has 1 saturated heterocycles. The van der Waals surface area contributed by atoms with Gasteiger partial charge in [-0.05, 0) is 31.0 Å². The largest absolute Gasteiger partial charge is 0.393 e. The molecule has 2 atom stereocenters. The number of aryl methyl sites for hydroxylation is 1. The number of ether oxygens (including phenoxy) is 1. The zero-order chi connectivity index (χ0) is 25.2. The molecule has 2 aliphatic rings. The number of aliphatic hydroxyl groups is 1. The first kappa shape index (κ1) is 23.1. The standard InChI is InChI=1S/C25H22ClF2N5O3/c1-32-10-16(22(28)31-32)15-3-2-4-17(27)19(15)20-21(26)33-8-5-14(9-18(33)29-20)23(35)30-24-6-7-25(11-24,12-34)36-13-24/h2-5,8-10,34H,6-7,11-13H2,1H3,(H,30,35)/t24-,25-/m1/s1. The zero-order valence-corrected chi connectivity index (χ0v) is 20.0. The van der Waals surface area contributed by atoms with Gasteiger partial charge >= 0.3 is 0 Å². The van der Waals surface area contributed by atoms with E-state index in [0.717, 1.165) is 6.42 Å². The maximum atomic E-state index is 15.1. The van der Waals surface area contributed by atoms with Crippen LogP contribution in [0.2, 0.25) is 5.15 Å². The van der Waals surface area contributed by atoms with Crippen molar-refractivity contribution >= 4 is 23.2 Å². The third kappa shape index (κ3) is 3.51. The number of amides is 1. The van der Waals surface area contributed by atoms with Crippen molar-refractivity contribution in [1.82, 2.24) is 24.5 Å². The van der Waals surface area contributed by atoms with Gasteiger partial charge in [0.25, 0.3) is 5.91 Å². The molecule has 36 heavy (non-hydrogen) atoms. The Kier molecular flexibility index (Phi) is 5.19. The second kappa shape index (κ2) is 8.09. The van der Waals surface area contributed by atoms with E-state index in [4.69, 9.17) is 16.3 Å². The van der Waals surface area contributed by atoms with E-state index in [1.54, 1.807) is 31.4 Å². The number of pyridine rings is 1. The third-order valence-electron chi connectivity index (χ3n) is 7.20. The lowest BCUT2D eigenvalue weighted by Crippen LogP contribution is -2.48. The van der Waals surface area contributed by atoms with E-state index in [0.29, 0.717) is 30.7 Å². The molecule has 2 N–H and O–H groups in total. The number of imidazole rings is 1. The van der Waals surface area contributed by atoms with Gasteiger partial charge in [-0.2, -0.15) is 4.39 Å². The normalized spacial score (nSPS) is 23.0. The smallest absolute Gasteiger partial charge is 0.251 e. The minimum Gasteiger partial charge on any atom is -0.393 e. The maximum Gasteiger partial charge on any atom is 0.251 e. The van der Waals surface area contributed by atoms with E-state index in [-0.39, 0.29) is 40.1 Å². The SMILES string of the molecule is Cn1cc(-c2cccc(F)c2-c2nc3cc(C(=O)N[C@]45CC[C@](CO)(C4)OC5)ccn3c2Cl)c(F)n1. The van der Waals surface area contributed by atoms with Crippen LogP contribution in [0.25, 0.3) is 28.0 Å². The number of fused-ring (bicyclic) bond motifs is 3. The fraction of sp³-hybridized carbons (Fsp3) is 0.320. The van der Waals surface area contributed by atoms with Crippen LogP contribution in [0.5, 0.6) is 0 Å². The molecule has 1 amide bonds. The van der Waals surface area contributed by atoms with E-state index in [1.807, 2.05) is 0 Å². The fourth-order valence-corrected chi connectivity index (χ4v) is 5.66. The minimum atomic E-state index is -0.740. The van der Waals surface area contributed by atoms with Crippen LogP contribution in [-0.2, 0) is 11.8 Å². The van der Waals surface area contributed by atoms with Crippen LogP contribution in [0.4, 0.5) is 8.78 Å². The molecule has 2 bridgehead atoms. The van der Waals surface area contributed by atoms with Crippen LogP contribution >= 0.6 is 11.6 Å². The quantitative estimate of drug-likeness (QED) is 0.424. The van der Waals surface area contributed by atoms with E-state index in [2.05, 4.69) is 15.4 Å². The molecular formula is C25H22ClF2N5O3. The topological polar surface area (TPSA) is 93.7 Å². The summed E-state index contributed by atoms with van der Waals surface area (Å²) < 4.78 is 38.2.